The van der Waals surface area contributed by atoms with Gasteiger partial charge in [0.1, 0.15) is 5.75 Å². The van der Waals surface area contributed by atoms with Crippen LogP contribution in [-0.2, 0) is 4.79 Å². The zero-order valence-corrected chi connectivity index (χ0v) is 12.1. The van der Waals surface area contributed by atoms with E-state index in [1.165, 1.54) is 0 Å². The van der Waals surface area contributed by atoms with E-state index in [2.05, 4.69) is 31.0 Å². The van der Waals surface area contributed by atoms with Crippen molar-refractivity contribution in [1.29, 1.82) is 0 Å². The molecule has 0 spiro atoms. The Balaban J connectivity index is 2.53. The number of ether oxygens (including phenoxy) is 1. The van der Waals surface area contributed by atoms with Crippen molar-refractivity contribution in [3.8, 4) is 5.75 Å². The van der Waals surface area contributed by atoms with Gasteiger partial charge in [0.05, 0.1) is 13.2 Å². The quantitative estimate of drug-likeness (QED) is 0.785. The van der Waals surface area contributed by atoms with Gasteiger partial charge in [0.25, 0.3) is 0 Å². The van der Waals surface area contributed by atoms with Crippen molar-refractivity contribution >= 4 is 11.6 Å². The molecule has 1 rings (SSSR count). The lowest BCUT2D eigenvalue weighted by molar-refractivity contribution is -0.117. The highest BCUT2D eigenvalue weighted by molar-refractivity contribution is 5.92. The average Bonchev–Trinajstić information content (AvgIpc) is 2.43. The second-order valence-electron chi connectivity index (χ2n) is 4.39. The van der Waals surface area contributed by atoms with Crippen LogP contribution in [0.1, 0.15) is 27.2 Å². The molecule has 0 aliphatic heterocycles. The van der Waals surface area contributed by atoms with Gasteiger partial charge < -0.3 is 10.1 Å². The summed E-state index contributed by atoms with van der Waals surface area (Å²) in [4.78, 5) is 13.9. The minimum Gasteiger partial charge on any atom is -0.494 e. The SMILES string of the molecule is CCCOc1cccc(NC(=O)CN(CC)CC)c1. The zero-order chi connectivity index (χ0) is 14.1. The summed E-state index contributed by atoms with van der Waals surface area (Å²) in [6.45, 7) is 9.04. The number of anilines is 1. The molecule has 1 aromatic rings. The molecular weight excluding hydrogens is 240 g/mol. The van der Waals surface area contributed by atoms with Gasteiger partial charge in [-0.25, -0.2) is 0 Å². The molecule has 0 unspecified atom stereocenters. The topological polar surface area (TPSA) is 41.6 Å². The van der Waals surface area contributed by atoms with Crippen molar-refractivity contribution < 1.29 is 9.53 Å². The Hall–Kier alpha value is -1.55. The summed E-state index contributed by atoms with van der Waals surface area (Å²) in [5, 5.41) is 2.90. The van der Waals surface area contributed by atoms with Crippen LogP contribution in [-0.4, -0.2) is 37.0 Å². The molecule has 0 heterocycles. The molecule has 0 saturated carbocycles. The number of benzene rings is 1. The first-order chi connectivity index (χ1) is 9.19. The van der Waals surface area contributed by atoms with Gasteiger partial charge in [-0.2, -0.15) is 0 Å². The molecule has 0 fully saturated rings. The summed E-state index contributed by atoms with van der Waals surface area (Å²) in [7, 11) is 0. The van der Waals surface area contributed by atoms with Gasteiger partial charge in [-0.05, 0) is 31.6 Å². The number of likely N-dealkylation sites (N-methyl/N-ethyl adjacent to an activating group) is 1. The fourth-order valence-electron chi connectivity index (χ4n) is 1.73. The predicted octanol–water partition coefficient (Wildman–Crippen LogP) is 2.76. The van der Waals surface area contributed by atoms with Gasteiger partial charge in [0.2, 0.25) is 5.91 Å². The lowest BCUT2D eigenvalue weighted by Gasteiger charge is -2.17. The van der Waals surface area contributed by atoms with E-state index in [0.29, 0.717) is 13.2 Å². The summed E-state index contributed by atoms with van der Waals surface area (Å²) in [6, 6.07) is 7.52. The number of hydrogen-bond acceptors (Lipinski definition) is 3. The summed E-state index contributed by atoms with van der Waals surface area (Å²) in [5.41, 5.74) is 0.783. The van der Waals surface area contributed by atoms with Crippen molar-refractivity contribution in [2.24, 2.45) is 0 Å². The van der Waals surface area contributed by atoms with Crippen molar-refractivity contribution in [2.75, 3.05) is 31.6 Å². The van der Waals surface area contributed by atoms with Crippen LogP contribution in [0.4, 0.5) is 5.69 Å². The fourth-order valence-corrected chi connectivity index (χ4v) is 1.73. The molecule has 4 nitrogen and oxygen atoms in total. The first-order valence-corrected chi connectivity index (χ1v) is 6.94. The number of nitrogens with zero attached hydrogens (tertiary/aromatic N) is 1. The minimum absolute atomic E-state index is 0.0105. The van der Waals surface area contributed by atoms with E-state index < -0.39 is 0 Å². The van der Waals surface area contributed by atoms with Gasteiger partial charge in [0.15, 0.2) is 0 Å². The number of rotatable bonds is 8. The molecule has 19 heavy (non-hydrogen) atoms. The van der Waals surface area contributed by atoms with Crippen LogP contribution < -0.4 is 10.1 Å². The summed E-state index contributed by atoms with van der Waals surface area (Å²) in [6.07, 6.45) is 0.971. The Bertz CT molecular complexity index is 389. The smallest absolute Gasteiger partial charge is 0.238 e. The highest BCUT2D eigenvalue weighted by atomic mass is 16.5. The predicted molar refractivity (Wildman–Crippen MR) is 78.6 cm³/mol. The maximum absolute atomic E-state index is 11.9. The standard InChI is InChI=1S/C15H24N2O2/c1-4-10-19-14-9-7-8-13(11-14)16-15(18)12-17(5-2)6-3/h7-9,11H,4-6,10,12H2,1-3H3,(H,16,18). The molecule has 1 amide bonds. The maximum atomic E-state index is 11.9. The molecule has 0 saturated heterocycles. The highest BCUT2D eigenvalue weighted by Gasteiger charge is 2.07. The number of hydrogen-bond donors (Lipinski definition) is 1. The van der Waals surface area contributed by atoms with E-state index in [4.69, 9.17) is 4.74 Å². The lowest BCUT2D eigenvalue weighted by Crippen LogP contribution is -2.32. The molecule has 0 aromatic heterocycles. The number of carbonyl (C=O) groups is 1. The van der Waals surface area contributed by atoms with Gasteiger partial charge in [-0.1, -0.05) is 26.8 Å². The van der Waals surface area contributed by atoms with E-state index in [9.17, 15) is 4.79 Å². The maximum Gasteiger partial charge on any atom is 0.238 e. The highest BCUT2D eigenvalue weighted by Crippen LogP contribution is 2.17. The third-order valence-corrected chi connectivity index (χ3v) is 2.85. The number of carbonyl (C=O) groups excluding carboxylic acids is 1. The summed E-state index contributed by atoms with van der Waals surface area (Å²) in [5.74, 6) is 0.804. The Morgan fingerprint density at radius 3 is 2.63 bits per heavy atom. The number of nitrogens with one attached hydrogen (secondary N) is 1. The van der Waals surface area contributed by atoms with Crippen LogP contribution in [0.2, 0.25) is 0 Å². The fraction of sp³-hybridized carbons (Fsp3) is 0.533. The molecule has 1 aromatic carbocycles. The first kappa shape index (κ1) is 15.5. The van der Waals surface area contributed by atoms with Gasteiger partial charge >= 0.3 is 0 Å². The third-order valence-electron chi connectivity index (χ3n) is 2.85. The molecule has 4 heteroatoms. The third kappa shape index (κ3) is 5.75. The lowest BCUT2D eigenvalue weighted by atomic mass is 10.3. The molecular formula is C15H24N2O2. The monoisotopic (exact) mass is 264 g/mol. The van der Waals surface area contributed by atoms with E-state index in [0.717, 1.165) is 30.9 Å². The summed E-state index contributed by atoms with van der Waals surface area (Å²) < 4.78 is 5.54. The van der Waals surface area contributed by atoms with E-state index in [-0.39, 0.29) is 5.91 Å². The molecule has 106 valence electrons. The van der Waals surface area contributed by atoms with E-state index >= 15 is 0 Å². The average molecular weight is 264 g/mol. The molecule has 0 atom stereocenters. The zero-order valence-electron chi connectivity index (χ0n) is 12.1. The molecule has 0 aliphatic rings. The van der Waals surface area contributed by atoms with Crippen LogP contribution in [0.15, 0.2) is 24.3 Å². The Morgan fingerprint density at radius 1 is 1.26 bits per heavy atom. The molecule has 0 radical (unpaired) electrons. The van der Waals surface area contributed by atoms with Crippen molar-refractivity contribution in [1.82, 2.24) is 4.90 Å². The second kappa shape index (κ2) is 8.53. The molecule has 1 N–H and O–H groups in total. The van der Waals surface area contributed by atoms with Crippen LogP contribution in [0.5, 0.6) is 5.75 Å². The van der Waals surface area contributed by atoms with Crippen LogP contribution >= 0.6 is 0 Å². The first-order valence-electron chi connectivity index (χ1n) is 6.94. The Morgan fingerprint density at radius 2 is 2.00 bits per heavy atom. The van der Waals surface area contributed by atoms with Crippen LogP contribution in [0.25, 0.3) is 0 Å². The molecule has 0 bridgehead atoms. The van der Waals surface area contributed by atoms with E-state index in [1.54, 1.807) is 0 Å². The van der Waals surface area contributed by atoms with E-state index in [1.807, 2.05) is 24.3 Å². The molecule has 0 aliphatic carbocycles. The van der Waals surface area contributed by atoms with Gasteiger partial charge in [0, 0.05) is 11.8 Å². The normalized spacial score (nSPS) is 10.5. The van der Waals surface area contributed by atoms with Crippen LogP contribution in [0, 0.1) is 0 Å². The number of amides is 1. The van der Waals surface area contributed by atoms with Gasteiger partial charge in [-0.3, -0.25) is 9.69 Å². The summed E-state index contributed by atoms with van der Waals surface area (Å²) >= 11 is 0. The van der Waals surface area contributed by atoms with Crippen molar-refractivity contribution in [3.05, 3.63) is 24.3 Å². The minimum atomic E-state index is 0.0105. The Kier molecular flexibility index (Phi) is 6.97. The van der Waals surface area contributed by atoms with Crippen molar-refractivity contribution in [2.45, 2.75) is 27.2 Å². The largest absolute Gasteiger partial charge is 0.494 e. The van der Waals surface area contributed by atoms with Gasteiger partial charge in [-0.15, -0.1) is 0 Å². The van der Waals surface area contributed by atoms with Crippen molar-refractivity contribution in [3.63, 3.8) is 0 Å². The second-order valence-corrected chi connectivity index (χ2v) is 4.39. The van der Waals surface area contributed by atoms with Crippen LogP contribution in [0.3, 0.4) is 0 Å². The Labute approximate surface area is 115 Å².